The van der Waals surface area contributed by atoms with Crippen molar-refractivity contribution >= 4 is 30.4 Å². The van der Waals surface area contributed by atoms with Gasteiger partial charge in [0.1, 0.15) is 0 Å². The zero-order valence-electron chi connectivity index (χ0n) is 9.64. The van der Waals surface area contributed by atoms with Gasteiger partial charge in [0.05, 0.1) is 11.4 Å². The number of hydrogen-bond acceptors (Lipinski definition) is 3. The van der Waals surface area contributed by atoms with Crippen molar-refractivity contribution in [3.05, 3.63) is 35.4 Å². The molecule has 2 nitrogen and oxygen atoms in total. The van der Waals surface area contributed by atoms with Gasteiger partial charge in [0.25, 0.3) is 0 Å². The Labute approximate surface area is 102 Å². The monoisotopic (exact) mass is 232 g/mol. The Morgan fingerprint density at radius 3 is 2.94 bits per heavy atom. The van der Waals surface area contributed by atoms with Gasteiger partial charge in [-0.05, 0) is 31.9 Å². The molecule has 0 N–H and O–H groups in total. The summed E-state index contributed by atoms with van der Waals surface area (Å²) in [6, 6.07) is 6.31. The minimum Gasteiger partial charge on any atom is -0.318 e. The van der Waals surface area contributed by atoms with Crippen LogP contribution in [0.15, 0.2) is 29.3 Å². The van der Waals surface area contributed by atoms with Crippen LogP contribution in [0.5, 0.6) is 0 Å². The Hall–Kier alpha value is -1.22. The van der Waals surface area contributed by atoms with E-state index >= 15 is 0 Å². The number of benzene rings is 1. The molecule has 0 saturated heterocycles. The molecule has 0 atom stereocenters. The second-order valence-corrected chi connectivity index (χ2v) is 4.22. The van der Waals surface area contributed by atoms with Gasteiger partial charge in [-0.1, -0.05) is 31.0 Å². The summed E-state index contributed by atoms with van der Waals surface area (Å²) in [6.45, 7) is 4.94. The number of allylic oxidation sites excluding steroid dienone is 1. The van der Waals surface area contributed by atoms with Crippen LogP contribution in [0, 0.1) is 0 Å². The van der Waals surface area contributed by atoms with Gasteiger partial charge in [-0.15, -0.1) is 0 Å². The Morgan fingerprint density at radius 2 is 2.25 bits per heavy atom. The first-order chi connectivity index (χ1) is 7.77. The fourth-order valence-corrected chi connectivity index (χ4v) is 2.38. The van der Waals surface area contributed by atoms with Gasteiger partial charge in [-0.3, -0.25) is 4.99 Å². The van der Waals surface area contributed by atoms with E-state index in [0.717, 1.165) is 18.7 Å². The zero-order chi connectivity index (χ0) is 11.5. The third kappa shape index (κ3) is 1.87. The molecule has 16 heavy (non-hydrogen) atoms. The van der Waals surface area contributed by atoms with E-state index in [1.165, 1.54) is 16.8 Å². The van der Waals surface area contributed by atoms with E-state index in [4.69, 9.17) is 0 Å². The number of hydrogen-bond donors (Lipinski definition) is 1. The quantitative estimate of drug-likeness (QED) is 0.610. The van der Waals surface area contributed by atoms with E-state index in [1.807, 2.05) is 24.4 Å². The summed E-state index contributed by atoms with van der Waals surface area (Å²) in [7, 11) is 0. The molecule has 1 aliphatic rings. The van der Waals surface area contributed by atoms with Crippen LogP contribution in [0.3, 0.4) is 0 Å². The van der Waals surface area contributed by atoms with Crippen LogP contribution < -0.4 is 4.31 Å². The lowest BCUT2D eigenvalue weighted by Crippen LogP contribution is -2.04. The van der Waals surface area contributed by atoms with Gasteiger partial charge in [-0.2, -0.15) is 0 Å². The Bertz CT molecular complexity index is 449. The number of rotatable bonds is 2. The highest BCUT2D eigenvalue weighted by atomic mass is 32.1. The van der Waals surface area contributed by atoms with E-state index in [2.05, 4.69) is 42.1 Å². The summed E-state index contributed by atoms with van der Waals surface area (Å²) in [4.78, 5) is 4.41. The molecule has 0 radical (unpaired) electrons. The van der Waals surface area contributed by atoms with Crippen molar-refractivity contribution in [1.82, 2.24) is 0 Å². The van der Waals surface area contributed by atoms with Gasteiger partial charge < -0.3 is 4.31 Å². The molecule has 0 saturated carbocycles. The maximum Gasteiger partial charge on any atom is 0.0658 e. The highest BCUT2D eigenvalue weighted by Crippen LogP contribution is 2.35. The minimum atomic E-state index is 0.974. The molecule has 1 aromatic rings. The first-order valence-corrected chi connectivity index (χ1v) is 5.91. The summed E-state index contributed by atoms with van der Waals surface area (Å²) in [5.74, 6) is 0. The molecule has 0 bridgehead atoms. The Kier molecular flexibility index (Phi) is 3.34. The number of thiol groups is 1. The van der Waals surface area contributed by atoms with Crippen LogP contribution >= 0.6 is 12.8 Å². The Balaban J connectivity index is 2.51. The van der Waals surface area contributed by atoms with Crippen LogP contribution in [0.25, 0.3) is 5.70 Å². The minimum absolute atomic E-state index is 0.974. The first-order valence-electron chi connectivity index (χ1n) is 5.51. The summed E-state index contributed by atoms with van der Waals surface area (Å²) in [5.41, 5.74) is 4.85. The van der Waals surface area contributed by atoms with Crippen molar-refractivity contribution in [2.75, 3.05) is 10.8 Å². The second kappa shape index (κ2) is 4.74. The van der Waals surface area contributed by atoms with Gasteiger partial charge in [0.2, 0.25) is 0 Å². The molecule has 0 unspecified atom stereocenters. The van der Waals surface area contributed by atoms with Crippen LogP contribution in [0.4, 0.5) is 5.69 Å². The van der Waals surface area contributed by atoms with E-state index < -0.39 is 0 Å². The predicted molar refractivity (Wildman–Crippen MR) is 74.3 cm³/mol. The largest absolute Gasteiger partial charge is 0.318 e. The van der Waals surface area contributed by atoms with E-state index in [0.29, 0.717) is 0 Å². The molecule has 3 heteroatoms. The average molecular weight is 232 g/mol. The molecule has 1 heterocycles. The topological polar surface area (TPSA) is 15.6 Å². The number of nitrogens with zero attached hydrogens (tertiary/aromatic N) is 2. The lowest BCUT2D eigenvalue weighted by molar-refractivity contribution is 1.05. The van der Waals surface area contributed by atoms with Gasteiger partial charge in [0, 0.05) is 18.3 Å². The highest BCUT2D eigenvalue weighted by Gasteiger charge is 2.20. The van der Waals surface area contributed by atoms with Crippen LogP contribution in [0.1, 0.15) is 25.0 Å². The third-order valence-electron chi connectivity index (χ3n) is 2.82. The standard InChI is InChI=1S/C13H16N2S/c1-3-12(14-4-2)10-6-5-7-13-11(10)8-9-15(13)16/h3-7,16H,8-9H2,1-2H3/b12-3-,14-4-. The lowest BCUT2D eigenvalue weighted by atomic mass is 10.0. The molecule has 0 amide bonds. The van der Waals surface area contributed by atoms with Gasteiger partial charge >= 0.3 is 0 Å². The molecular formula is C13H16N2S. The van der Waals surface area contributed by atoms with Crippen molar-refractivity contribution in [2.45, 2.75) is 20.3 Å². The third-order valence-corrected chi connectivity index (χ3v) is 3.24. The van der Waals surface area contributed by atoms with Crippen molar-refractivity contribution in [2.24, 2.45) is 4.99 Å². The van der Waals surface area contributed by atoms with Crippen LogP contribution in [0.2, 0.25) is 0 Å². The van der Waals surface area contributed by atoms with E-state index in [-0.39, 0.29) is 0 Å². The molecule has 84 valence electrons. The van der Waals surface area contributed by atoms with Crippen molar-refractivity contribution in [1.29, 1.82) is 0 Å². The lowest BCUT2D eigenvalue weighted by Gasteiger charge is -2.12. The fourth-order valence-electron chi connectivity index (χ4n) is 2.10. The predicted octanol–water partition coefficient (Wildman–Crippen LogP) is 3.35. The molecule has 1 aliphatic heterocycles. The molecular weight excluding hydrogens is 216 g/mol. The smallest absolute Gasteiger partial charge is 0.0658 e. The van der Waals surface area contributed by atoms with Crippen LogP contribution in [-0.2, 0) is 6.42 Å². The SMILES string of the molecule is C/C=N\C(=C/C)c1cccc2c1CCN2S. The molecule has 0 fully saturated rings. The second-order valence-electron chi connectivity index (χ2n) is 3.74. The fraction of sp³-hybridized carbons (Fsp3) is 0.308. The molecule has 1 aromatic carbocycles. The molecule has 0 spiro atoms. The molecule has 2 rings (SSSR count). The van der Waals surface area contributed by atoms with Crippen molar-refractivity contribution in [3.8, 4) is 0 Å². The summed E-state index contributed by atoms with van der Waals surface area (Å²) in [6.07, 6.45) is 4.94. The Morgan fingerprint density at radius 1 is 1.44 bits per heavy atom. The molecule has 0 aromatic heterocycles. The number of fused-ring (bicyclic) bond motifs is 1. The zero-order valence-corrected chi connectivity index (χ0v) is 10.5. The van der Waals surface area contributed by atoms with E-state index in [1.54, 1.807) is 0 Å². The maximum atomic E-state index is 4.44. The normalized spacial score (nSPS) is 15.9. The summed E-state index contributed by atoms with van der Waals surface area (Å²) >= 11 is 4.44. The van der Waals surface area contributed by atoms with Crippen molar-refractivity contribution in [3.63, 3.8) is 0 Å². The summed E-state index contributed by atoms with van der Waals surface area (Å²) < 4.78 is 2.00. The van der Waals surface area contributed by atoms with Crippen molar-refractivity contribution < 1.29 is 0 Å². The van der Waals surface area contributed by atoms with Gasteiger partial charge in [0.15, 0.2) is 0 Å². The van der Waals surface area contributed by atoms with Crippen LogP contribution in [-0.4, -0.2) is 12.8 Å². The number of aliphatic imine (C=N–C) groups is 1. The van der Waals surface area contributed by atoms with Gasteiger partial charge in [-0.25, -0.2) is 0 Å². The maximum absolute atomic E-state index is 4.44. The number of anilines is 1. The first kappa shape index (κ1) is 11.3. The average Bonchev–Trinajstić information content (AvgIpc) is 2.68. The summed E-state index contributed by atoms with van der Waals surface area (Å²) in [5, 5.41) is 0. The van der Waals surface area contributed by atoms with E-state index in [9.17, 15) is 0 Å². The highest BCUT2D eigenvalue weighted by molar-refractivity contribution is 7.81. The molecule has 0 aliphatic carbocycles.